The maximum absolute atomic E-state index is 13.1. The highest BCUT2D eigenvalue weighted by atomic mass is 16.3. The van der Waals surface area contributed by atoms with Crippen LogP contribution in [0.25, 0.3) is 5.57 Å². The zero-order valence-electron chi connectivity index (χ0n) is 18.3. The number of aryl methyl sites for hydroxylation is 1. The molecule has 3 aliphatic rings. The van der Waals surface area contributed by atoms with Crippen molar-refractivity contribution < 1.29 is 14.0 Å². The van der Waals surface area contributed by atoms with Crippen LogP contribution in [-0.2, 0) is 11.3 Å². The molecule has 6 nitrogen and oxygen atoms in total. The lowest BCUT2D eigenvalue weighted by atomic mass is 9.83. The van der Waals surface area contributed by atoms with E-state index in [4.69, 9.17) is 4.42 Å². The van der Waals surface area contributed by atoms with Gasteiger partial charge in [0.1, 0.15) is 17.2 Å². The Labute approximate surface area is 181 Å². The van der Waals surface area contributed by atoms with Crippen LogP contribution in [0.15, 0.2) is 51.4 Å². The Morgan fingerprint density at radius 2 is 1.90 bits per heavy atom. The lowest BCUT2D eigenvalue weighted by Crippen LogP contribution is -2.41. The lowest BCUT2D eigenvalue weighted by molar-refractivity contribution is -0.113. The smallest absolute Gasteiger partial charge is 0.254 e. The van der Waals surface area contributed by atoms with Crippen LogP contribution in [0.5, 0.6) is 0 Å². The first-order chi connectivity index (χ1) is 14.6. The second-order valence-electron chi connectivity index (χ2n) is 9.43. The average Bonchev–Trinajstić information content (AvgIpc) is 3.26. The van der Waals surface area contributed by atoms with Gasteiger partial charge in [-0.2, -0.15) is 0 Å². The van der Waals surface area contributed by atoms with Gasteiger partial charge >= 0.3 is 0 Å². The second-order valence-corrected chi connectivity index (χ2v) is 9.43. The molecule has 5 rings (SSSR count). The molecule has 0 saturated carbocycles. The minimum atomic E-state index is -0.201. The van der Waals surface area contributed by atoms with Crippen molar-refractivity contribution >= 4 is 23.0 Å². The van der Waals surface area contributed by atoms with E-state index in [9.17, 15) is 9.59 Å². The summed E-state index contributed by atoms with van der Waals surface area (Å²) in [6, 6.07) is 7.61. The molecule has 1 aliphatic carbocycles. The Morgan fingerprint density at radius 1 is 1.13 bits per heavy atom. The number of rotatable bonds is 3. The molecule has 158 valence electrons. The van der Waals surface area contributed by atoms with Crippen molar-refractivity contribution in [3.8, 4) is 0 Å². The summed E-state index contributed by atoms with van der Waals surface area (Å²) < 4.78 is 5.89. The summed E-state index contributed by atoms with van der Waals surface area (Å²) in [6.45, 7) is 10.6. The minimum Gasteiger partial charge on any atom is -0.464 e. The highest BCUT2D eigenvalue weighted by Gasteiger charge is 2.41. The molecule has 0 spiro atoms. The molecule has 6 heteroatoms. The van der Waals surface area contributed by atoms with E-state index in [1.54, 1.807) is 0 Å². The molecule has 1 unspecified atom stereocenters. The van der Waals surface area contributed by atoms with Crippen LogP contribution in [0.2, 0.25) is 0 Å². The number of benzene rings is 1. The molecule has 0 bridgehead atoms. The van der Waals surface area contributed by atoms with Crippen LogP contribution < -0.4 is 16.0 Å². The largest absolute Gasteiger partial charge is 0.464 e. The first-order valence-electron chi connectivity index (χ1n) is 10.5. The van der Waals surface area contributed by atoms with Gasteiger partial charge in [-0.25, -0.2) is 0 Å². The van der Waals surface area contributed by atoms with Crippen LogP contribution in [0.1, 0.15) is 66.7 Å². The van der Waals surface area contributed by atoms with E-state index in [1.807, 2.05) is 38.1 Å². The zero-order chi connectivity index (χ0) is 22.1. The summed E-state index contributed by atoms with van der Waals surface area (Å²) in [4.78, 5) is 25.6. The van der Waals surface area contributed by atoms with E-state index < -0.39 is 0 Å². The Balaban J connectivity index is 1.61. The van der Waals surface area contributed by atoms with Gasteiger partial charge in [0.05, 0.1) is 28.6 Å². The number of nitrogens with one attached hydrogen (secondary N) is 3. The third-order valence-corrected chi connectivity index (χ3v) is 6.08. The number of carbonyl (C=O) groups is 2. The molecule has 1 aromatic carbocycles. The van der Waals surface area contributed by atoms with Crippen molar-refractivity contribution in [1.82, 2.24) is 10.6 Å². The van der Waals surface area contributed by atoms with E-state index >= 15 is 0 Å². The maximum atomic E-state index is 13.1. The predicted molar refractivity (Wildman–Crippen MR) is 118 cm³/mol. The molecule has 0 fully saturated rings. The van der Waals surface area contributed by atoms with E-state index in [1.165, 1.54) is 0 Å². The van der Waals surface area contributed by atoms with Crippen molar-refractivity contribution in [2.24, 2.45) is 5.41 Å². The standard InChI is InChI=1S/C25H25N3O3/c1-12-10-16-20(27-19-15(12)8-7-14-11-26-24(30)18(14)19)21(22(16)29)28-23(25(3,4)5)17-9-6-13(2)31-17/h6-9,23,27-28H,11H2,1-5H3,(H,26,30). The minimum absolute atomic E-state index is 0.0896. The van der Waals surface area contributed by atoms with Gasteiger partial charge in [-0.15, -0.1) is 5.73 Å². The third kappa shape index (κ3) is 2.94. The zero-order valence-corrected chi connectivity index (χ0v) is 18.3. The molecule has 2 aliphatic heterocycles. The molecular weight excluding hydrogens is 390 g/mol. The van der Waals surface area contributed by atoms with E-state index in [-0.39, 0.29) is 23.1 Å². The first-order valence-corrected chi connectivity index (χ1v) is 10.5. The number of fused-ring (bicyclic) bond motifs is 4. The molecule has 0 radical (unpaired) electrons. The quantitative estimate of drug-likeness (QED) is 0.649. The van der Waals surface area contributed by atoms with E-state index in [0.29, 0.717) is 29.1 Å². The summed E-state index contributed by atoms with van der Waals surface area (Å²) in [7, 11) is 0. The van der Waals surface area contributed by atoms with Crippen LogP contribution in [0, 0.1) is 12.3 Å². The van der Waals surface area contributed by atoms with Crippen molar-refractivity contribution in [3.63, 3.8) is 0 Å². The van der Waals surface area contributed by atoms with Gasteiger partial charge in [0, 0.05) is 17.7 Å². The molecule has 1 atom stereocenters. The molecule has 3 N–H and O–H groups in total. The number of hydrogen-bond acceptors (Lipinski definition) is 5. The van der Waals surface area contributed by atoms with Gasteiger partial charge in [0.2, 0.25) is 5.78 Å². The molecule has 1 amide bonds. The number of anilines is 1. The van der Waals surface area contributed by atoms with E-state index in [0.717, 1.165) is 33.9 Å². The number of amides is 1. The van der Waals surface area contributed by atoms with Crippen molar-refractivity contribution in [1.29, 1.82) is 0 Å². The average molecular weight is 415 g/mol. The molecule has 1 aromatic heterocycles. The molecule has 2 aromatic rings. The Kier molecular flexibility index (Phi) is 4.08. The number of allylic oxidation sites excluding steroid dienone is 2. The fourth-order valence-corrected chi connectivity index (χ4v) is 4.40. The van der Waals surface area contributed by atoms with Crippen LogP contribution in [0.3, 0.4) is 0 Å². The summed E-state index contributed by atoms with van der Waals surface area (Å²) in [6.07, 6.45) is 0. The van der Waals surface area contributed by atoms with Crippen LogP contribution in [0.4, 0.5) is 5.69 Å². The Hall–Kier alpha value is -3.50. The summed E-state index contributed by atoms with van der Waals surface area (Å²) >= 11 is 0. The van der Waals surface area contributed by atoms with Crippen LogP contribution >= 0.6 is 0 Å². The topological polar surface area (TPSA) is 83.4 Å². The molecule has 31 heavy (non-hydrogen) atoms. The van der Waals surface area contributed by atoms with Gasteiger partial charge in [-0.05, 0) is 37.0 Å². The molecule has 3 heterocycles. The van der Waals surface area contributed by atoms with E-state index in [2.05, 4.69) is 42.5 Å². The normalized spacial score (nSPS) is 18.0. The van der Waals surface area contributed by atoms with Gasteiger partial charge in [0.25, 0.3) is 5.91 Å². The van der Waals surface area contributed by atoms with Gasteiger partial charge in [0.15, 0.2) is 0 Å². The SMILES string of the molecule is CC1=C=C2C(=O)C(NC(c3ccc(C)o3)C(C)(C)C)=C2Nc2c1ccc1c2C(=O)NC1. The summed E-state index contributed by atoms with van der Waals surface area (Å²) in [5.41, 5.74) is 8.75. The predicted octanol–water partition coefficient (Wildman–Crippen LogP) is 4.36. The number of hydrogen-bond donors (Lipinski definition) is 3. The number of furan rings is 1. The fraction of sp³-hybridized carbons (Fsp3) is 0.320. The maximum Gasteiger partial charge on any atom is 0.254 e. The van der Waals surface area contributed by atoms with Gasteiger partial charge in [-0.3, -0.25) is 9.59 Å². The molecule has 0 saturated heterocycles. The summed E-state index contributed by atoms with van der Waals surface area (Å²) in [5.74, 6) is 1.42. The number of Topliss-reactive ketones (excluding diaryl/α,β-unsaturated/α-hetero) is 1. The number of ketones is 1. The molecular formula is C25H25N3O3. The Morgan fingerprint density at radius 3 is 2.58 bits per heavy atom. The second kappa shape index (κ2) is 6.50. The first kappa shape index (κ1) is 19.5. The van der Waals surface area contributed by atoms with Crippen molar-refractivity contribution in [2.45, 2.75) is 47.2 Å². The Bertz CT molecular complexity index is 1260. The van der Waals surface area contributed by atoms with Gasteiger partial charge in [-0.1, -0.05) is 32.9 Å². The van der Waals surface area contributed by atoms with Gasteiger partial charge < -0.3 is 20.4 Å². The van der Waals surface area contributed by atoms with Crippen molar-refractivity contribution in [2.75, 3.05) is 5.32 Å². The lowest BCUT2D eigenvalue weighted by Gasteiger charge is -2.35. The highest BCUT2D eigenvalue weighted by molar-refractivity contribution is 6.21. The van der Waals surface area contributed by atoms with Crippen molar-refractivity contribution in [3.05, 3.63) is 75.2 Å². The highest BCUT2D eigenvalue weighted by Crippen LogP contribution is 2.42. The van der Waals surface area contributed by atoms with Crippen LogP contribution in [-0.4, -0.2) is 11.7 Å². The number of carbonyl (C=O) groups excluding carboxylic acids is 2. The summed E-state index contributed by atoms with van der Waals surface area (Å²) in [5, 5.41) is 9.71. The monoisotopic (exact) mass is 415 g/mol. The third-order valence-electron chi connectivity index (χ3n) is 6.08. The fourth-order valence-electron chi connectivity index (χ4n) is 4.40.